The van der Waals surface area contributed by atoms with Crippen LogP contribution in [0.2, 0.25) is 0 Å². The molecule has 0 aliphatic carbocycles. The molecule has 0 radical (unpaired) electrons. The smallest absolute Gasteiger partial charge is 0.326 e. The van der Waals surface area contributed by atoms with Gasteiger partial charge in [-0.1, -0.05) is 6.92 Å². The summed E-state index contributed by atoms with van der Waals surface area (Å²) in [5.41, 5.74) is 5.30. The topological polar surface area (TPSA) is 61.5 Å². The van der Waals surface area contributed by atoms with Gasteiger partial charge < -0.3 is 5.73 Å². The molecule has 0 saturated heterocycles. The van der Waals surface area contributed by atoms with Crippen molar-refractivity contribution < 1.29 is 14.6 Å². The number of nitrogens with two attached hydrogens (primary N) is 1. The summed E-state index contributed by atoms with van der Waals surface area (Å²) in [6.45, 7) is 3.70. The Morgan fingerprint density at radius 3 is 2.70 bits per heavy atom. The van der Waals surface area contributed by atoms with Crippen LogP contribution in [0.3, 0.4) is 0 Å². The summed E-state index contributed by atoms with van der Waals surface area (Å²) in [4.78, 5) is 19.2. The molecule has 0 fully saturated rings. The molecule has 4 nitrogen and oxygen atoms in total. The van der Waals surface area contributed by atoms with Gasteiger partial charge in [0.05, 0.1) is 0 Å². The lowest BCUT2D eigenvalue weighted by Crippen LogP contribution is -2.22. The third-order valence-corrected chi connectivity index (χ3v) is 0.771. The first-order valence-corrected chi connectivity index (χ1v) is 3.24. The molecule has 1 atom stereocenters. The first kappa shape index (κ1) is 9.39. The van der Waals surface area contributed by atoms with E-state index in [0.29, 0.717) is 6.42 Å². The van der Waals surface area contributed by atoms with Gasteiger partial charge in [0.2, 0.25) is 0 Å². The minimum atomic E-state index is -0.374. The van der Waals surface area contributed by atoms with Crippen LogP contribution in [0.1, 0.15) is 20.3 Å². The fraction of sp³-hybridized carbons (Fsp3) is 0.833. The number of carbonyl (C=O) groups excluding carboxylic acids is 1. The third kappa shape index (κ3) is 5.53. The summed E-state index contributed by atoms with van der Waals surface area (Å²) in [5.74, 6) is -0.374. The molecule has 0 heterocycles. The van der Waals surface area contributed by atoms with Gasteiger partial charge in [-0.15, -0.1) is 0 Å². The molecule has 0 saturated carbocycles. The molecular weight excluding hydrogens is 134 g/mol. The minimum Gasteiger partial charge on any atom is -0.326 e. The van der Waals surface area contributed by atoms with Crippen LogP contribution in [-0.4, -0.2) is 18.6 Å². The number of hydrogen-bond acceptors (Lipinski definition) is 4. The molecule has 0 spiro atoms. The van der Waals surface area contributed by atoms with Crippen molar-refractivity contribution in [2.24, 2.45) is 5.73 Å². The summed E-state index contributed by atoms with van der Waals surface area (Å²) in [6, 6.07) is -0.107. The zero-order valence-corrected chi connectivity index (χ0v) is 6.29. The van der Waals surface area contributed by atoms with E-state index in [9.17, 15) is 4.79 Å². The Morgan fingerprint density at radius 2 is 2.30 bits per heavy atom. The molecule has 0 aromatic carbocycles. The molecule has 0 rings (SSSR count). The standard InChI is InChI=1S/C6H13NO3/c1-3-6(8)10-9-4-5(2)7/h5H,3-4,7H2,1-2H3. The van der Waals surface area contributed by atoms with Crippen LogP contribution in [0, 0.1) is 0 Å². The minimum absolute atomic E-state index is 0.107. The molecule has 2 N–H and O–H groups in total. The first-order chi connectivity index (χ1) is 4.66. The van der Waals surface area contributed by atoms with E-state index in [1.165, 1.54) is 0 Å². The van der Waals surface area contributed by atoms with E-state index in [2.05, 4.69) is 9.78 Å². The van der Waals surface area contributed by atoms with E-state index in [1.54, 1.807) is 13.8 Å². The Bertz CT molecular complexity index is 103. The van der Waals surface area contributed by atoms with E-state index < -0.39 is 0 Å². The Morgan fingerprint density at radius 1 is 1.70 bits per heavy atom. The van der Waals surface area contributed by atoms with Crippen LogP contribution in [0.15, 0.2) is 0 Å². The predicted molar refractivity (Wildman–Crippen MR) is 36.0 cm³/mol. The third-order valence-electron chi connectivity index (χ3n) is 0.771. The Labute approximate surface area is 60.2 Å². The SMILES string of the molecule is CCC(=O)OOCC(C)N. The van der Waals surface area contributed by atoms with Crippen LogP contribution >= 0.6 is 0 Å². The molecule has 4 heteroatoms. The maximum atomic E-state index is 10.4. The maximum Gasteiger partial charge on any atom is 0.342 e. The highest BCUT2D eigenvalue weighted by Crippen LogP contribution is 1.86. The second kappa shape index (κ2) is 5.20. The van der Waals surface area contributed by atoms with Crippen LogP contribution in [0.4, 0.5) is 0 Å². The fourth-order valence-corrected chi connectivity index (χ4v) is 0.266. The van der Waals surface area contributed by atoms with Gasteiger partial charge in [-0.05, 0) is 6.92 Å². The molecule has 0 aromatic heterocycles. The molecule has 1 unspecified atom stereocenters. The predicted octanol–water partition coefficient (Wildman–Crippen LogP) is 0.218. The molecule has 60 valence electrons. The molecule has 0 bridgehead atoms. The molecule has 10 heavy (non-hydrogen) atoms. The Hall–Kier alpha value is -0.610. The lowest BCUT2D eigenvalue weighted by atomic mass is 10.4. The molecule has 0 aliphatic heterocycles. The van der Waals surface area contributed by atoms with Gasteiger partial charge in [0.15, 0.2) is 0 Å². The molecule has 0 amide bonds. The van der Waals surface area contributed by atoms with E-state index in [4.69, 9.17) is 5.73 Å². The van der Waals surface area contributed by atoms with Crippen molar-refractivity contribution in [2.45, 2.75) is 26.3 Å². The number of carbonyl (C=O) groups is 1. The molecule has 0 aliphatic rings. The Kier molecular flexibility index (Phi) is 4.88. The number of hydrogen-bond donors (Lipinski definition) is 1. The zero-order valence-electron chi connectivity index (χ0n) is 6.29. The van der Waals surface area contributed by atoms with Crippen LogP contribution in [-0.2, 0) is 14.6 Å². The van der Waals surface area contributed by atoms with Gasteiger partial charge in [-0.2, -0.15) is 4.89 Å². The highest BCUT2D eigenvalue weighted by molar-refractivity contribution is 5.68. The van der Waals surface area contributed by atoms with E-state index in [-0.39, 0.29) is 18.6 Å². The van der Waals surface area contributed by atoms with Crippen molar-refractivity contribution in [3.8, 4) is 0 Å². The summed E-state index contributed by atoms with van der Waals surface area (Å²) in [7, 11) is 0. The fourth-order valence-electron chi connectivity index (χ4n) is 0.266. The van der Waals surface area contributed by atoms with Crippen molar-refractivity contribution in [2.75, 3.05) is 6.61 Å². The Balaban J connectivity index is 3.12. The summed E-state index contributed by atoms with van der Waals surface area (Å²) >= 11 is 0. The highest BCUT2D eigenvalue weighted by Gasteiger charge is 1.99. The average Bonchev–Trinajstić information content (AvgIpc) is 1.87. The van der Waals surface area contributed by atoms with Gasteiger partial charge >= 0.3 is 5.97 Å². The lowest BCUT2D eigenvalue weighted by molar-refractivity contribution is -0.273. The normalized spacial score (nSPS) is 12.7. The van der Waals surface area contributed by atoms with Crippen molar-refractivity contribution in [3.63, 3.8) is 0 Å². The number of rotatable bonds is 4. The summed E-state index contributed by atoms with van der Waals surface area (Å²) in [6.07, 6.45) is 0.318. The van der Waals surface area contributed by atoms with Crippen molar-refractivity contribution in [1.82, 2.24) is 0 Å². The summed E-state index contributed by atoms with van der Waals surface area (Å²) < 4.78 is 0. The van der Waals surface area contributed by atoms with E-state index in [0.717, 1.165) is 0 Å². The van der Waals surface area contributed by atoms with Gasteiger partial charge in [-0.25, -0.2) is 4.79 Å². The van der Waals surface area contributed by atoms with Gasteiger partial charge in [-0.3, -0.25) is 4.89 Å². The lowest BCUT2D eigenvalue weighted by Gasteiger charge is -2.03. The molecular formula is C6H13NO3. The summed E-state index contributed by atoms with van der Waals surface area (Å²) in [5, 5.41) is 0. The van der Waals surface area contributed by atoms with Crippen LogP contribution in [0.5, 0.6) is 0 Å². The van der Waals surface area contributed by atoms with Gasteiger partial charge in [0.25, 0.3) is 0 Å². The molecule has 0 aromatic rings. The monoisotopic (exact) mass is 147 g/mol. The average molecular weight is 147 g/mol. The second-order valence-electron chi connectivity index (χ2n) is 2.07. The van der Waals surface area contributed by atoms with Gasteiger partial charge in [0.1, 0.15) is 6.61 Å². The first-order valence-electron chi connectivity index (χ1n) is 3.24. The zero-order chi connectivity index (χ0) is 7.98. The van der Waals surface area contributed by atoms with Crippen molar-refractivity contribution in [3.05, 3.63) is 0 Å². The van der Waals surface area contributed by atoms with Crippen molar-refractivity contribution >= 4 is 5.97 Å². The maximum absolute atomic E-state index is 10.4. The quantitative estimate of drug-likeness (QED) is 0.456. The van der Waals surface area contributed by atoms with Crippen LogP contribution in [0.25, 0.3) is 0 Å². The van der Waals surface area contributed by atoms with Crippen LogP contribution < -0.4 is 5.73 Å². The van der Waals surface area contributed by atoms with Crippen molar-refractivity contribution in [1.29, 1.82) is 0 Å². The largest absolute Gasteiger partial charge is 0.342 e. The highest BCUT2D eigenvalue weighted by atomic mass is 17.2. The van der Waals surface area contributed by atoms with E-state index >= 15 is 0 Å². The van der Waals surface area contributed by atoms with Gasteiger partial charge in [0, 0.05) is 12.5 Å². The van der Waals surface area contributed by atoms with E-state index in [1.807, 2.05) is 0 Å². The second-order valence-corrected chi connectivity index (χ2v) is 2.07.